The van der Waals surface area contributed by atoms with Crippen molar-refractivity contribution >= 4 is 0 Å². The minimum absolute atomic E-state index is 0.0728. The smallest absolute Gasteiger partial charge is 0.120 e. The van der Waals surface area contributed by atoms with Crippen LogP contribution in [0.1, 0.15) is 32.3 Å². The summed E-state index contributed by atoms with van der Waals surface area (Å²) in [6.45, 7) is 4.17. The molecule has 1 atom stereocenters. The molecule has 94 valence electrons. The van der Waals surface area contributed by atoms with Gasteiger partial charge in [0.2, 0.25) is 0 Å². The van der Waals surface area contributed by atoms with Crippen molar-refractivity contribution in [2.24, 2.45) is 11.7 Å². The molecule has 1 aromatic carbocycles. The molecule has 0 radical (unpaired) electrons. The SMILES string of the molecule is CC(C)C(O)(CN)c1cccc(OC2CC2)c1. The lowest BCUT2D eigenvalue weighted by molar-refractivity contribution is -0.00136. The molecule has 3 nitrogen and oxygen atoms in total. The summed E-state index contributed by atoms with van der Waals surface area (Å²) in [7, 11) is 0. The van der Waals surface area contributed by atoms with Crippen LogP contribution < -0.4 is 10.5 Å². The molecule has 17 heavy (non-hydrogen) atoms. The van der Waals surface area contributed by atoms with E-state index in [4.69, 9.17) is 10.5 Å². The summed E-state index contributed by atoms with van der Waals surface area (Å²) in [5, 5.41) is 10.6. The molecule has 1 unspecified atom stereocenters. The summed E-state index contributed by atoms with van der Waals surface area (Å²) in [5.74, 6) is 0.904. The fraction of sp³-hybridized carbons (Fsp3) is 0.571. The quantitative estimate of drug-likeness (QED) is 0.821. The van der Waals surface area contributed by atoms with Crippen molar-refractivity contribution in [1.82, 2.24) is 0 Å². The van der Waals surface area contributed by atoms with E-state index in [1.54, 1.807) is 0 Å². The summed E-state index contributed by atoms with van der Waals surface area (Å²) in [5.41, 5.74) is 5.58. The van der Waals surface area contributed by atoms with Gasteiger partial charge in [0.25, 0.3) is 0 Å². The Bertz CT molecular complexity index is 388. The lowest BCUT2D eigenvalue weighted by Crippen LogP contribution is -2.39. The van der Waals surface area contributed by atoms with E-state index >= 15 is 0 Å². The Morgan fingerprint density at radius 1 is 1.47 bits per heavy atom. The van der Waals surface area contributed by atoms with E-state index in [2.05, 4.69) is 0 Å². The zero-order valence-corrected chi connectivity index (χ0v) is 10.5. The van der Waals surface area contributed by atoms with E-state index in [9.17, 15) is 5.11 Å². The molecule has 0 saturated heterocycles. The topological polar surface area (TPSA) is 55.5 Å². The van der Waals surface area contributed by atoms with E-state index in [0.29, 0.717) is 6.10 Å². The Morgan fingerprint density at radius 2 is 2.18 bits per heavy atom. The monoisotopic (exact) mass is 235 g/mol. The summed E-state index contributed by atoms with van der Waals surface area (Å²) in [6.07, 6.45) is 2.64. The maximum Gasteiger partial charge on any atom is 0.120 e. The average Bonchev–Trinajstić information content (AvgIpc) is 3.12. The average molecular weight is 235 g/mol. The van der Waals surface area contributed by atoms with Gasteiger partial charge in [-0.25, -0.2) is 0 Å². The Kier molecular flexibility index (Phi) is 3.40. The summed E-state index contributed by atoms with van der Waals surface area (Å²) >= 11 is 0. The fourth-order valence-electron chi connectivity index (χ4n) is 1.90. The Balaban J connectivity index is 2.23. The molecule has 1 aliphatic carbocycles. The number of ether oxygens (including phenoxy) is 1. The Labute approximate surface area is 103 Å². The van der Waals surface area contributed by atoms with E-state index in [1.165, 1.54) is 0 Å². The number of nitrogens with two attached hydrogens (primary N) is 1. The van der Waals surface area contributed by atoms with Crippen LogP contribution in [0.2, 0.25) is 0 Å². The predicted octanol–water partition coefficient (Wildman–Crippen LogP) is 2.03. The van der Waals surface area contributed by atoms with Crippen LogP contribution in [0.4, 0.5) is 0 Å². The highest BCUT2D eigenvalue weighted by Crippen LogP contribution is 2.32. The first-order chi connectivity index (χ1) is 8.06. The van der Waals surface area contributed by atoms with Crippen molar-refractivity contribution in [2.75, 3.05) is 6.54 Å². The van der Waals surface area contributed by atoms with Gasteiger partial charge in [-0.1, -0.05) is 26.0 Å². The molecule has 3 heteroatoms. The first kappa shape index (κ1) is 12.4. The van der Waals surface area contributed by atoms with E-state index < -0.39 is 5.60 Å². The molecule has 0 aromatic heterocycles. The van der Waals surface area contributed by atoms with E-state index in [1.807, 2.05) is 38.1 Å². The van der Waals surface area contributed by atoms with Crippen LogP contribution in [0.15, 0.2) is 24.3 Å². The van der Waals surface area contributed by atoms with Gasteiger partial charge in [-0.15, -0.1) is 0 Å². The molecule has 0 bridgehead atoms. The maximum atomic E-state index is 10.6. The third kappa shape index (κ3) is 2.61. The predicted molar refractivity (Wildman–Crippen MR) is 67.9 cm³/mol. The van der Waals surface area contributed by atoms with E-state index in [0.717, 1.165) is 24.2 Å². The van der Waals surface area contributed by atoms with E-state index in [-0.39, 0.29) is 12.5 Å². The van der Waals surface area contributed by atoms with Crippen LogP contribution in [0, 0.1) is 5.92 Å². The number of rotatable bonds is 5. The highest BCUT2D eigenvalue weighted by Gasteiger charge is 2.32. The van der Waals surface area contributed by atoms with Crippen LogP contribution in [-0.4, -0.2) is 17.8 Å². The first-order valence-corrected chi connectivity index (χ1v) is 6.26. The van der Waals surface area contributed by atoms with Crippen LogP contribution in [-0.2, 0) is 5.60 Å². The molecule has 0 amide bonds. The lowest BCUT2D eigenvalue weighted by Gasteiger charge is -2.31. The van der Waals surface area contributed by atoms with Crippen LogP contribution >= 0.6 is 0 Å². The summed E-state index contributed by atoms with van der Waals surface area (Å²) in [6, 6.07) is 7.66. The van der Waals surface area contributed by atoms with Gasteiger partial charge in [0, 0.05) is 6.54 Å². The number of aliphatic hydroxyl groups is 1. The van der Waals surface area contributed by atoms with Crippen LogP contribution in [0.5, 0.6) is 5.75 Å². The molecule has 2 rings (SSSR count). The minimum Gasteiger partial charge on any atom is -0.490 e. The van der Waals surface area contributed by atoms with Crippen molar-refractivity contribution in [3.63, 3.8) is 0 Å². The summed E-state index contributed by atoms with van der Waals surface area (Å²) in [4.78, 5) is 0. The standard InChI is InChI=1S/C14H21NO2/c1-10(2)14(16,9-15)11-4-3-5-13(8-11)17-12-6-7-12/h3-5,8,10,12,16H,6-7,9,15H2,1-2H3. The van der Waals surface area contributed by atoms with Crippen LogP contribution in [0.25, 0.3) is 0 Å². The molecule has 0 heterocycles. The molecule has 1 aromatic rings. The lowest BCUT2D eigenvalue weighted by atomic mass is 9.83. The molecule has 1 aliphatic rings. The molecular weight excluding hydrogens is 214 g/mol. The second-order valence-electron chi connectivity index (χ2n) is 5.13. The van der Waals surface area contributed by atoms with Gasteiger partial charge in [-0.2, -0.15) is 0 Å². The molecule has 1 saturated carbocycles. The molecule has 3 N–H and O–H groups in total. The number of hydrogen-bond donors (Lipinski definition) is 2. The highest BCUT2D eigenvalue weighted by molar-refractivity contribution is 5.33. The van der Waals surface area contributed by atoms with Gasteiger partial charge in [0.1, 0.15) is 11.4 Å². The minimum atomic E-state index is -0.969. The maximum absolute atomic E-state index is 10.6. The Morgan fingerprint density at radius 3 is 2.71 bits per heavy atom. The van der Waals surface area contributed by atoms with Gasteiger partial charge in [0.15, 0.2) is 0 Å². The third-order valence-electron chi connectivity index (χ3n) is 3.43. The van der Waals surface area contributed by atoms with Crippen molar-refractivity contribution in [3.05, 3.63) is 29.8 Å². The van der Waals surface area contributed by atoms with Crippen molar-refractivity contribution in [2.45, 2.75) is 38.4 Å². The number of benzene rings is 1. The zero-order chi connectivity index (χ0) is 12.5. The zero-order valence-electron chi connectivity index (χ0n) is 10.5. The van der Waals surface area contributed by atoms with Gasteiger partial charge in [-0.05, 0) is 36.5 Å². The second-order valence-corrected chi connectivity index (χ2v) is 5.13. The molecule has 0 aliphatic heterocycles. The van der Waals surface area contributed by atoms with Crippen molar-refractivity contribution < 1.29 is 9.84 Å². The van der Waals surface area contributed by atoms with Crippen LogP contribution in [0.3, 0.4) is 0 Å². The van der Waals surface area contributed by atoms with Crippen molar-refractivity contribution in [3.8, 4) is 5.75 Å². The van der Waals surface area contributed by atoms with Gasteiger partial charge in [-0.3, -0.25) is 0 Å². The molecular formula is C14H21NO2. The Hall–Kier alpha value is -1.06. The molecule has 1 fully saturated rings. The van der Waals surface area contributed by atoms with Gasteiger partial charge >= 0.3 is 0 Å². The second kappa shape index (κ2) is 4.67. The normalized spacial score (nSPS) is 19.1. The fourth-order valence-corrected chi connectivity index (χ4v) is 1.90. The third-order valence-corrected chi connectivity index (χ3v) is 3.43. The van der Waals surface area contributed by atoms with Gasteiger partial charge in [0.05, 0.1) is 6.10 Å². The first-order valence-electron chi connectivity index (χ1n) is 6.26. The van der Waals surface area contributed by atoms with Crippen molar-refractivity contribution in [1.29, 1.82) is 0 Å². The number of hydrogen-bond acceptors (Lipinski definition) is 3. The largest absolute Gasteiger partial charge is 0.490 e. The highest BCUT2D eigenvalue weighted by atomic mass is 16.5. The summed E-state index contributed by atoms with van der Waals surface area (Å²) < 4.78 is 5.73. The molecule has 0 spiro atoms. The van der Waals surface area contributed by atoms with Gasteiger partial charge < -0.3 is 15.6 Å².